The summed E-state index contributed by atoms with van der Waals surface area (Å²) in [6.07, 6.45) is 0.109. The standard InChI is InChI=1S/C27H21ClN2O6/c28-18-12-13-22(21(15-18)25(33)17-7-2-1-3-8-17)29-23(31)16-36-24(32)11-6-14-30-26(34)19-9-4-5-10-20(19)27(30)35/h1-5,7-10,12-13,15H,6,11,14,16H2,(H,29,31). The summed E-state index contributed by atoms with van der Waals surface area (Å²) in [6.45, 7) is -0.503. The van der Waals surface area contributed by atoms with Crippen LogP contribution in [0.4, 0.5) is 5.69 Å². The molecule has 0 aromatic heterocycles. The zero-order chi connectivity index (χ0) is 25.7. The summed E-state index contributed by atoms with van der Waals surface area (Å²) < 4.78 is 5.01. The van der Waals surface area contributed by atoms with Gasteiger partial charge < -0.3 is 10.1 Å². The van der Waals surface area contributed by atoms with E-state index in [4.69, 9.17) is 16.3 Å². The molecule has 1 N–H and O–H groups in total. The van der Waals surface area contributed by atoms with Crippen LogP contribution in [0.15, 0.2) is 72.8 Å². The Balaban J connectivity index is 1.27. The van der Waals surface area contributed by atoms with Crippen molar-refractivity contribution in [2.24, 2.45) is 0 Å². The van der Waals surface area contributed by atoms with Gasteiger partial charge in [0, 0.05) is 29.1 Å². The second-order valence-electron chi connectivity index (χ2n) is 8.00. The topological polar surface area (TPSA) is 110 Å². The van der Waals surface area contributed by atoms with Crippen molar-refractivity contribution in [2.75, 3.05) is 18.5 Å². The lowest BCUT2D eigenvalue weighted by Crippen LogP contribution is -2.31. The fourth-order valence-electron chi connectivity index (χ4n) is 3.79. The maximum atomic E-state index is 12.9. The van der Waals surface area contributed by atoms with Crippen molar-refractivity contribution in [3.05, 3.63) is 100 Å². The fourth-order valence-corrected chi connectivity index (χ4v) is 3.96. The van der Waals surface area contributed by atoms with Crippen molar-refractivity contribution in [1.82, 2.24) is 4.90 Å². The van der Waals surface area contributed by atoms with Gasteiger partial charge in [0.2, 0.25) is 0 Å². The number of nitrogens with one attached hydrogen (secondary N) is 1. The molecule has 0 aliphatic carbocycles. The van der Waals surface area contributed by atoms with Gasteiger partial charge in [-0.25, -0.2) is 0 Å². The molecule has 4 rings (SSSR count). The average molecular weight is 505 g/mol. The minimum Gasteiger partial charge on any atom is -0.456 e. The molecule has 0 fully saturated rings. The molecule has 1 aliphatic heterocycles. The Hall–Kier alpha value is -4.30. The van der Waals surface area contributed by atoms with Gasteiger partial charge in [-0.1, -0.05) is 54.1 Å². The van der Waals surface area contributed by atoms with Crippen LogP contribution in [0.2, 0.25) is 5.02 Å². The van der Waals surface area contributed by atoms with E-state index in [0.29, 0.717) is 21.7 Å². The minimum atomic E-state index is -0.654. The number of halogens is 1. The monoisotopic (exact) mass is 504 g/mol. The van der Waals surface area contributed by atoms with Crippen LogP contribution in [-0.2, 0) is 14.3 Å². The lowest BCUT2D eigenvalue weighted by atomic mass is 10.0. The first-order chi connectivity index (χ1) is 17.3. The maximum Gasteiger partial charge on any atom is 0.306 e. The van der Waals surface area contributed by atoms with Crippen LogP contribution in [0, 0.1) is 0 Å². The first-order valence-electron chi connectivity index (χ1n) is 11.1. The van der Waals surface area contributed by atoms with Crippen LogP contribution < -0.4 is 5.32 Å². The predicted octanol–water partition coefficient (Wildman–Crippen LogP) is 4.13. The lowest BCUT2D eigenvalue weighted by Gasteiger charge is -2.13. The van der Waals surface area contributed by atoms with Gasteiger partial charge in [0.1, 0.15) is 0 Å². The molecule has 0 bridgehead atoms. The third-order valence-corrected chi connectivity index (χ3v) is 5.78. The molecule has 0 saturated carbocycles. The maximum absolute atomic E-state index is 12.9. The van der Waals surface area contributed by atoms with Gasteiger partial charge >= 0.3 is 5.97 Å². The molecule has 1 aliphatic rings. The molecular formula is C27H21ClN2O6. The molecule has 0 unspecified atom stereocenters. The SMILES string of the molecule is O=C(COC(=O)CCCN1C(=O)c2ccccc2C1=O)Nc1ccc(Cl)cc1C(=O)c1ccccc1. The van der Waals surface area contributed by atoms with Crippen molar-refractivity contribution >= 4 is 46.8 Å². The highest BCUT2D eigenvalue weighted by Gasteiger charge is 2.34. The zero-order valence-corrected chi connectivity index (χ0v) is 19.8. The number of carbonyl (C=O) groups excluding carboxylic acids is 5. The molecule has 3 aromatic carbocycles. The smallest absolute Gasteiger partial charge is 0.306 e. The average Bonchev–Trinajstić information content (AvgIpc) is 3.13. The zero-order valence-electron chi connectivity index (χ0n) is 19.0. The Morgan fingerprint density at radius 3 is 2.17 bits per heavy atom. The number of imide groups is 1. The van der Waals surface area contributed by atoms with Gasteiger partial charge in [-0.3, -0.25) is 28.9 Å². The summed E-state index contributed by atoms with van der Waals surface area (Å²) in [6, 6.07) is 19.6. The Labute approximate surface area is 211 Å². The highest BCUT2D eigenvalue weighted by molar-refractivity contribution is 6.31. The van der Waals surface area contributed by atoms with E-state index in [1.807, 2.05) is 0 Å². The van der Waals surface area contributed by atoms with Crippen LogP contribution in [0.1, 0.15) is 49.5 Å². The number of nitrogens with zero attached hydrogens (tertiary/aromatic N) is 1. The largest absolute Gasteiger partial charge is 0.456 e. The van der Waals surface area contributed by atoms with Crippen LogP contribution in [-0.4, -0.2) is 47.5 Å². The van der Waals surface area contributed by atoms with Crippen molar-refractivity contribution in [3.63, 3.8) is 0 Å². The third-order valence-electron chi connectivity index (χ3n) is 5.54. The molecule has 9 heteroatoms. The van der Waals surface area contributed by atoms with E-state index in [9.17, 15) is 24.0 Å². The van der Waals surface area contributed by atoms with E-state index >= 15 is 0 Å². The Morgan fingerprint density at radius 2 is 1.50 bits per heavy atom. The van der Waals surface area contributed by atoms with E-state index in [0.717, 1.165) is 4.90 Å². The molecule has 3 amide bonds. The summed E-state index contributed by atoms with van der Waals surface area (Å²) in [5, 5.41) is 2.90. The molecule has 0 spiro atoms. The molecule has 8 nitrogen and oxygen atoms in total. The number of hydrogen-bond acceptors (Lipinski definition) is 6. The molecule has 0 radical (unpaired) electrons. The first-order valence-corrected chi connectivity index (χ1v) is 11.5. The molecule has 1 heterocycles. The molecule has 3 aromatic rings. The summed E-state index contributed by atoms with van der Waals surface area (Å²) in [7, 11) is 0. The molecule has 0 saturated heterocycles. The summed E-state index contributed by atoms with van der Waals surface area (Å²) in [5.41, 5.74) is 1.55. The normalized spacial score (nSPS) is 12.3. The molecule has 0 atom stereocenters. The van der Waals surface area contributed by atoms with Gasteiger partial charge in [-0.05, 0) is 36.8 Å². The first kappa shape index (κ1) is 24.8. The number of ketones is 1. The number of fused-ring (bicyclic) bond motifs is 1. The van der Waals surface area contributed by atoms with Crippen LogP contribution in [0.25, 0.3) is 0 Å². The Bertz CT molecular complexity index is 1320. The Kier molecular flexibility index (Phi) is 7.56. The van der Waals surface area contributed by atoms with E-state index < -0.39 is 30.3 Å². The third kappa shape index (κ3) is 5.50. The molecule has 36 heavy (non-hydrogen) atoms. The minimum absolute atomic E-state index is 0.0589. The van der Waals surface area contributed by atoms with Gasteiger partial charge in [-0.2, -0.15) is 0 Å². The Morgan fingerprint density at radius 1 is 0.861 bits per heavy atom. The summed E-state index contributed by atoms with van der Waals surface area (Å²) >= 11 is 6.05. The number of amides is 3. The number of hydrogen-bond donors (Lipinski definition) is 1. The van der Waals surface area contributed by atoms with E-state index in [1.54, 1.807) is 54.6 Å². The number of carbonyl (C=O) groups is 5. The van der Waals surface area contributed by atoms with E-state index in [1.165, 1.54) is 18.2 Å². The highest BCUT2D eigenvalue weighted by atomic mass is 35.5. The van der Waals surface area contributed by atoms with Crippen LogP contribution in [0.5, 0.6) is 0 Å². The van der Waals surface area contributed by atoms with Gasteiger partial charge in [0.25, 0.3) is 17.7 Å². The van der Waals surface area contributed by atoms with Crippen molar-refractivity contribution in [3.8, 4) is 0 Å². The van der Waals surface area contributed by atoms with E-state index in [-0.39, 0.29) is 36.4 Å². The number of rotatable bonds is 9. The van der Waals surface area contributed by atoms with Crippen molar-refractivity contribution < 1.29 is 28.7 Å². The molecule has 182 valence electrons. The predicted molar refractivity (Wildman–Crippen MR) is 132 cm³/mol. The van der Waals surface area contributed by atoms with Gasteiger partial charge in [0.05, 0.1) is 16.8 Å². The second-order valence-corrected chi connectivity index (χ2v) is 8.44. The number of benzene rings is 3. The summed E-state index contributed by atoms with van der Waals surface area (Å²) in [5.74, 6) is -2.40. The quantitative estimate of drug-likeness (QED) is 0.266. The number of ether oxygens (including phenoxy) is 1. The highest BCUT2D eigenvalue weighted by Crippen LogP contribution is 2.24. The number of anilines is 1. The van der Waals surface area contributed by atoms with Crippen molar-refractivity contribution in [1.29, 1.82) is 0 Å². The van der Waals surface area contributed by atoms with E-state index in [2.05, 4.69) is 5.32 Å². The molecular weight excluding hydrogens is 484 g/mol. The number of esters is 1. The fraction of sp³-hybridized carbons (Fsp3) is 0.148. The van der Waals surface area contributed by atoms with Gasteiger partial charge in [-0.15, -0.1) is 0 Å². The van der Waals surface area contributed by atoms with Gasteiger partial charge in [0.15, 0.2) is 12.4 Å². The van der Waals surface area contributed by atoms with Crippen LogP contribution >= 0.6 is 11.6 Å². The van der Waals surface area contributed by atoms with Crippen LogP contribution in [0.3, 0.4) is 0 Å². The second kappa shape index (κ2) is 11.0. The lowest BCUT2D eigenvalue weighted by molar-refractivity contribution is -0.147. The van der Waals surface area contributed by atoms with Crippen molar-refractivity contribution in [2.45, 2.75) is 12.8 Å². The summed E-state index contributed by atoms with van der Waals surface area (Å²) in [4.78, 5) is 63.2.